The Bertz CT molecular complexity index is 1280. The highest BCUT2D eigenvalue weighted by Gasteiger charge is 2.54. The molecule has 0 unspecified atom stereocenters. The molecule has 7 heteroatoms. The van der Waals surface area contributed by atoms with Gasteiger partial charge in [0, 0.05) is 31.5 Å². The van der Waals surface area contributed by atoms with Crippen LogP contribution in [0.1, 0.15) is 17.0 Å². The molecule has 0 radical (unpaired) electrons. The largest absolute Gasteiger partial charge is 0.493 e. The van der Waals surface area contributed by atoms with Gasteiger partial charge in [0.25, 0.3) is 0 Å². The molecule has 0 bridgehead atoms. The number of nitriles is 3. The van der Waals surface area contributed by atoms with Gasteiger partial charge >= 0.3 is 0 Å². The molecule has 2 atom stereocenters. The SMILES string of the molecule is COc1ccc([C@@H]2[C@H]3CN(CCc4ccccc4)CC=C3C(C#N)=C(N)C2(C#N)C#N)cc1OC. The number of fused-ring (bicyclic) bond motifs is 1. The molecule has 0 saturated carbocycles. The smallest absolute Gasteiger partial charge is 0.191 e. The van der Waals surface area contributed by atoms with Gasteiger partial charge in [0.15, 0.2) is 16.9 Å². The molecule has 4 rings (SSSR count). The van der Waals surface area contributed by atoms with Crippen LogP contribution >= 0.6 is 0 Å². The fourth-order valence-corrected chi connectivity index (χ4v) is 5.28. The van der Waals surface area contributed by atoms with Crippen molar-refractivity contribution in [1.29, 1.82) is 15.8 Å². The molecule has 0 saturated heterocycles. The van der Waals surface area contributed by atoms with E-state index in [0.717, 1.165) is 24.1 Å². The minimum atomic E-state index is -1.69. The number of hydrogen-bond acceptors (Lipinski definition) is 7. The van der Waals surface area contributed by atoms with Crippen LogP contribution in [-0.2, 0) is 6.42 Å². The zero-order valence-corrected chi connectivity index (χ0v) is 19.9. The Morgan fingerprint density at radius 3 is 2.37 bits per heavy atom. The Hall–Kier alpha value is -4.25. The van der Waals surface area contributed by atoms with Crippen molar-refractivity contribution >= 4 is 0 Å². The van der Waals surface area contributed by atoms with Crippen LogP contribution in [0.4, 0.5) is 0 Å². The van der Waals surface area contributed by atoms with Crippen LogP contribution in [0.2, 0.25) is 0 Å². The van der Waals surface area contributed by atoms with Crippen molar-refractivity contribution < 1.29 is 9.47 Å². The Labute approximate surface area is 205 Å². The summed E-state index contributed by atoms with van der Waals surface area (Å²) in [6, 6.07) is 22.2. The highest BCUT2D eigenvalue weighted by Crippen LogP contribution is 2.54. The first kappa shape index (κ1) is 23.9. The molecular formula is C28H27N5O2. The lowest BCUT2D eigenvalue weighted by Gasteiger charge is -2.45. The van der Waals surface area contributed by atoms with E-state index in [1.165, 1.54) is 5.56 Å². The van der Waals surface area contributed by atoms with Crippen molar-refractivity contribution in [2.75, 3.05) is 33.9 Å². The predicted molar refractivity (Wildman–Crippen MR) is 131 cm³/mol. The van der Waals surface area contributed by atoms with Gasteiger partial charge in [-0.05, 0) is 35.3 Å². The first-order chi connectivity index (χ1) is 17.0. The molecule has 1 heterocycles. The molecular weight excluding hydrogens is 438 g/mol. The molecule has 35 heavy (non-hydrogen) atoms. The maximum Gasteiger partial charge on any atom is 0.191 e. The summed E-state index contributed by atoms with van der Waals surface area (Å²) in [7, 11) is 3.10. The van der Waals surface area contributed by atoms with Gasteiger partial charge in [0.1, 0.15) is 6.07 Å². The van der Waals surface area contributed by atoms with Crippen molar-refractivity contribution in [3.05, 3.63) is 82.6 Å². The molecule has 1 aliphatic carbocycles. The van der Waals surface area contributed by atoms with Crippen LogP contribution in [-0.4, -0.2) is 38.8 Å². The molecule has 1 aliphatic heterocycles. The minimum Gasteiger partial charge on any atom is -0.493 e. The van der Waals surface area contributed by atoms with Gasteiger partial charge < -0.3 is 15.2 Å². The minimum absolute atomic E-state index is 0.0185. The molecule has 0 aromatic heterocycles. The summed E-state index contributed by atoms with van der Waals surface area (Å²) >= 11 is 0. The quantitative estimate of drug-likeness (QED) is 0.691. The molecule has 0 fully saturated rings. The molecule has 2 aliphatic rings. The van der Waals surface area contributed by atoms with Crippen LogP contribution in [0.15, 0.2) is 71.5 Å². The lowest BCUT2D eigenvalue weighted by Crippen LogP contribution is -2.48. The van der Waals surface area contributed by atoms with Crippen molar-refractivity contribution in [2.24, 2.45) is 17.1 Å². The zero-order chi connectivity index (χ0) is 25.0. The summed E-state index contributed by atoms with van der Waals surface area (Å²) in [6.45, 7) is 2.08. The summed E-state index contributed by atoms with van der Waals surface area (Å²) in [5.41, 5.74) is 7.80. The van der Waals surface area contributed by atoms with E-state index in [1.54, 1.807) is 26.4 Å². The highest BCUT2D eigenvalue weighted by molar-refractivity contribution is 5.60. The van der Waals surface area contributed by atoms with Crippen LogP contribution in [0.5, 0.6) is 11.5 Å². The topological polar surface area (TPSA) is 119 Å². The number of nitrogens with two attached hydrogens (primary N) is 1. The highest BCUT2D eigenvalue weighted by atomic mass is 16.5. The van der Waals surface area contributed by atoms with Crippen LogP contribution in [0.25, 0.3) is 0 Å². The normalized spacial score (nSPS) is 21.1. The van der Waals surface area contributed by atoms with E-state index in [2.05, 4.69) is 35.2 Å². The number of nitrogens with zero attached hydrogens (tertiary/aromatic N) is 4. The van der Waals surface area contributed by atoms with E-state index < -0.39 is 11.3 Å². The van der Waals surface area contributed by atoms with Gasteiger partial charge in [-0.2, -0.15) is 15.8 Å². The van der Waals surface area contributed by atoms with Crippen LogP contribution in [0.3, 0.4) is 0 Å². The molecule has 0 amide bonds. The van der Waals surface area contributed by atoms with Gasteiger partial charge in [0.2, 0.25) is 0 Å². The Morgan fingerprint density at radius 2 is 1.74 bits per heavy atom. The van der Waals surface area contributed by atoms with E-state index in [9.17, 15) is 15.8 Å². The van der Waals surface area contributed by atoms with Crippen molar-refractivity contribution in [2.45, 2.75) is 12.3 Å². The first-order valence-electron chi connectivity index (χ1n) is 11.4. The lowest BCUT2D eigenvalue weighted by molar-refractivity contribution is 0.208. The maximum atomic E-state index is 10.3. The van der Waals surface area contributed by atoms with Gasteiger partial charge in [-0.25, -0.2) is 0 Å². The number of benzene rings is 2. The number of methoxy groups -OCH3 is 2. The molecule has 176 valence electrons. The average Bonchev–Trinajstić information content (AvgIpc) is 2.91. The van der Waals surface area contributed by atoms with Crippen molar-refractivity contribution in [3.63, 3.8) is 0 Å². The third-order valence-electron chi connectivity index (χ3n) is 7.07. The third kappa shape index (κ3) is 4.10. The van der Waals surface area contributed by atoms with E-state index in [1.807, 2.05) is 30.3 Å². The van der Waals surface area contributed by atoms with Crippen LogP contribution < -0.4 is 15.2 Å². The molecule has 0 spiro atoms. The average molecular weight is 466 g/mol. The summed E-state index contributed by atoms with van der Waals surface area (Å²) in [5.74, 6) is 0.210. The Morgan fingerprint density at radius 1 is 1.03 bits per heavy atom. The van der Waals surface area contributed by atoms with Crippen molar-refractivity contribution in [3.8, 4) is 29.7 Å². The van der Waals surface area contributed by atoms with E-state index >= 15 is 0 Å². The number of ether oxygens (including phenoxy) is 2. The molecule has 2 aromatic carbocycles. The first-order valence-corrected chi connectivity index (χ1v) is 11.4. The lowest BCUT2D eigenvalue weighted by atomic mass is 9.58. The fourth-order valence-electron chi connectivity index (χ4n) is 5.28. The molecule has 2 N–H and O–H groups in total. The number of rotatable bonds is 6. The predicted octanol–water partition coefficient (Wildman–Crippen LogP) is 3.67. The molecule has 7 nitrogen and oxygen atoms in total. The van der Waals surface area contributed by atoms with Crippen molar-refractivity contribution in [1.82, 2.24) is 4.90 Å². The molecule has 2 aromatic rings. The van der Waals surface area contributed by atoms with E-state index in [0.29, 0.717) is 24.6 Å². The summed E-state index contributed by atoms with van der Waals surface area (Å²) in [4.78, 5) is 2.30. The van der Waals surface area contributed by atoms with Gasteiger partial charge in [0.05, 0.1) is 37.6 Å². The second kappa shape index (κ2) is 9.94. The van der Waals surface area contributed by atoms with Gasteiger partial charge in [-0.15, -0.1) is 0 Å². The summed E-state index contributed by atoms with van der Waals surface area (Å²) in [6.07, 6.45) is 2.90. The maximum absolute atomic E-state index is 10.3. The van der Waals surface area contributed by atoms with Gasteiger partial charge in [-0.1, -0.05) is 42.5 Å². The monoisotopic (exact) mass is 465 g/mol. The van der Waals surface area contributed by atoms with E-state index in [4.69, 9.17) is 15.2 Å². The third-order valence-corrected chi connectivity index (χ3v) is 7.07. The Balaban J connectivity index is 1.80. The van der Waals surface area contributed by atoms with Gasteiger partial charge in [-0.3, -0.25) is 4.90 Å². The second-order valence-electron chi connectivity index (χ2n) is 8.79. The second-order valence-corrected chi connectivity index (χ2v) is 8.79. The number of hydrogen-bond donors (Lipinski definition) is 1. The van der Waals surface area contributed by atoms with E-state index in [-0.39, 0.29) is 17.2 Å². The van der Waals surface area contributed by atoms with Crippen LogP contribution in [0, 0.1) is 45.3 Å². The fraction of sp³-hybridized carbons (Fsp3) is 0.321. The summed E-state index contributed by atoms with van der Waals surface area (Å²) < 4.78 is 10.9. The zero-order valence-electron chi connectivity index (χ0n) is 19.9. The Kier molecular flexibility index (Phi) is 6.78. The summed E-state index contributed by atoms with van der Waals surface area (Å²) in [5, 5.41) is 30.6. The standard InChI is InChI=1S/C28H27N5O2/c1-34-24-9-8-20(14-25(24)35-2)26-23-16-33(12-10-19-6-4-3-5-7-19)13-11-21(23)22(15-29)27(32)28(26,17-30)18-31/h3-9,11,14,23,26H,10,12-13,16,32H2,1-2H3/t23-,26+/m0/s1. The number of allylic oxidation sites excluding steroid dienone is 2.